The molecule has 210 valence electrons. The minimum absolute atomic E-state index is 0.0745. The summed E-state index contributed by atoms with van der Waals surface area (Å²) >= 11 is 12.4. The topological polar surface area (TPSA) is 94.9 Å². The fourth-order valence-electron chi connectivity index (χ4n) is 4.76. The summed E-state index contributed by atoms with van der Waals surface area (Å²) in [5, 5.41) is 21.9. The first-order chi connectivity index (χ1) is 19.5. The maximum absolute atomic E-state index is 13.3. The van der Waals surface area contributed by atoms with Gasteiger partial charge in [-0.2, -0.15) is 0 Å². The van der Waals surface area contributed by atoms with Crippen LogP contribution in [-0.4, -0.2) is 46.0 Å². The second kappa shape index (κ2) is 13.0. The number of carbonyl (C=O) groups excluding carboxylic acids is 1. The Morgan fingerprint density at radius 3 is 2.17 bits per heavy atom. The highest BCUT2D eigenvalue weighted by Gasteiger charge is 2.25. The highest BCUT2D eigenvalue weighted by atomic mass is 35.5. The van der Waals surface area contributed by atoms with Crippen LogP contribution in [0.15, 0.2) is 84.9 Å². The Labute approximate surface area is 248 Å². The second-order valence-electron chi connectivity index (χ2n) is 9.99. The molecule has 0 spiro atoms. The smallest absolute Gasteiger partial charge is 0.336 e. The number of nitrogens with zero attached hydrogens (tertiary/aromatic N) is 1. The van der Waals surface area contributed by atoms with E-state index in [2.05, 4.69) is 36.4 Å². The van der Waals surface area contributed by atoms with E-state index in [1.165, 1.54) is 18.2 Å². The molecule has 2 atom stereocenters. The molecule has 0 heterocycles. The maximum atomic E-state index is 13.3. The number of benzene rings is 4. The zero-order valence-corrected chi connectivity index (χ0v) is 24.1. The van der Waals surface area contributed by atoms with Crippen LogP contribution in [-0.2, 0) is 17.6 Å². The van der Waals surface area contributed by atoms with Gasteiger partial charge in [-0.25, -0.2) is 9.59 Å². The number of rotatable bonds is 10. The number of hydrogen-bond acceptors (Lipinski definition) is 3. The number of amides is 1. The van der Waals surface area contributed by atoms with Crippen molar-refractivity contribution in [1.29, 1.82) is 0 Å². The minimum Gasteiger partial charge on any atom is -0.478 e. The normalized spacial score (nSPS) is 12.8. The molecule has 6 nitrogen and oxygen atoms in total. The Balaban J connectivity index is 1.59. The van der Waals surface area contributed by atoms with Crippen LogP contribution >= 0.6 is 23.2 Å². The first-order valence-corrected chi connectivity index (χ1v) is 13.7. The van der Waals surface area contributed by atoms with Gasteiger partial charge in [-0.05, 0) is 71.1 Å². The largest absolute Gasteiger partial charge is 0.478 e. The van der Waals surface area contributed by atoms with E-state index in [0.29, 0.717) is 22.0 Å². The van der Waals surface area contributed by atoms with Crippen molar-refractivity contribution in [2.75, 3.05) is 7.05 Å². The summed E-state index contributed by atoms with van der Waals surface area (Å²) in [6, 6.07) is 23.6. The Bertz CT molecular complexity index is 1650. The Hall–Kier alpha value is -4.13. The molecule has 41 heavy (non-hydrogen) atoms. The van der Waals surface area contributed by atoms with Gasteiger partial charge in [0.1, 0.15) is 0 Å². The van der Waals surface area contributed by atoms with Crippen LogP contribution in [0.2, 0.25) is 10.0 Å². The SMILES string of the molecule is C[C@@H]([C@H](/C=C/c1ccc2ccccc2c1)Cc1ccc(Cl)c(Cl)c1)N(C)C(=O)Cc1ccc(C(=O)O)c(C(=O)O)c1. The van der Waals surface area contributed by atoms with E-state index in [0.717, 1.165) is 21.9 Å². The average Bonchev–Trinajstić information content (AvgIpc) is 2.95. The van der Waals surface area contributed by atoms with Crippen molar-refractivity contribution in [3.63, 3.8) is 0 Å². The second-order valence-corrected chi connectivity index (χ2v) is 10.8. The molecule has 1 amide bonds. The molecule has 4 aromatic carbocycles. The highest BCUT2D eigenvalue weighted by molar-refractivity contribution is 6.42. The monoisotopic (exact) mass is 589 g/mol. The Kier molecular flexibility index (Phi) is 9.48. The molecule has 0 unspecified atom stereocenters. The van der Waals surface area contributed by atoms with E-state index >= 15 is 0 Å². The number of aromatic carboxylic acids is 2. The molecule has 0 aromatic heterocycles. The lowest BCUT2D eigenvalue weighted by atomic mass is 9.90. The lowest BCUT2D eigenvalue weighted by Crippen LogP contribution is -2.41. The number of likely N-dealkylation sites (N-methyl/N-ethyl adjacent to an activating group) is 1. The third kappa shape index (κ3) is 7.34. The standard InChI is InChI=1S/C33H29Cl2NO5/c1-20(36(2)31(37)19-23-9-13-27(32(38)39)28(17-23)33(40)41)25(16-22-10-14-29(34)30(35)18-22)12-8-21-7-11-24-5-3-4-6-26(24)15-21/h3-15,17-18,20,25H,16,19H2,1-2H3,(H,38,39)(H,40,41)/b12-8+/t20-,25+/m0/s1. The molecule has 0 aliphatic heterocycles. The average molecular weight is 591 g/mol. The van der Waals surface area contributed by atoms with Gasteiger partial charge in [0.25, 0.3) is 0 Å². The van der Waals surface area contributed by atoms with Crippen molar-refractivity contribution in [3.8, 4) is 0 Å². The molecular formula is C33H29Cl2NO5. The number of carboxylic acid groups (broad SMARTS) is 2. The van der Waals surface area contributed by atoms with Gasteiger partial charge in [-0.3, -0.25) is 4.79 Å². The van der Waals surface area contributed by atoms with E-state index in [-0.39, 0.29) is 35.4 Å². The van der Waals surface area contributed by atoms with Crippen LogP contribution in [0.3, 0.4) is 0 Å². The first kappa shape index (κ1) is 29.8. The third-order valence-electron chi connectivity index (χ3n) is 7.29. The molecule has 0 bridgehead atoms. The van der Waals surface area contributed by atoms with Gasteiger partial charge < -0.3 is 15.1 Å². The first-order valence-electron chi connectivity index (χ1n) is 13.0. The number of halogens is 2. The van der Waals surface area contributed by atoms with E-state index in [4.69, 9.17) is 23.2 Å². The van der Waals surface area contributed by atoms with Crippen LogP contribution in [0, 0.1) is 5.92 Å². The minimum atomic E-state index is -1.36. The van der Waals surface area contributed by atoms with E-state index in [1.54, 1.807) is 18.0 Å². The molecular weight excluding hydrogens is 561 g/mol. The van der Waals surface area contributed by atoms with Crippen molar-refractivity contribution in [2.24, 2.45) is 5.92 Å². The summed E-state index contributed by atoms with van der Waals surface area (Å²) in [6.07, 6.45) is 4.66. The molecule has 0 saturated carbocycles. The molecule has 0 fully saturated rings. The number of carboxylic acids is 2. The van der Waals surface area contributed by atoms with E-state index < -0.39 is 11.9 Å². The lowest BCUT2D eigenvalue weighted by Gasteiger charge is -2.31. The summed E-state index contributed by atoms with van der Waals surface area (Å²) in [5.74, 6) is -3.03. The van der Waals surface area contributed by atoms with Gasteiger partial charge in [-0.1, -0.05) is 83.9 Å². The molecule has 0 radical (unpaired) electrons. The van der Waals surface area contributed by atoms with Crippen LogP contribution in [0.5, 0.6) is 0 Å². The summed E-state index contributed by atoms with van der Waals surface area (Å²) < 4.78 is 0. The molecule has 4 aromatic rings. The summed E-state index contributed by atoms with van der Waals surface area (Å²) in [4.78, 5) is 37.9. The predicted molar refractivity (Wildman–Crippen MR) is 163 cm³/mol. The maximum Gasteiger partial charge on any atom is 0.336 e. The van der Waals surface area contributed by atoms with Gasteiger partial charge in [0.05, 0.1) is 27.6 Å². The van der Waals surface area contributed by atoms with Crippen molar-refractivity contribution in [3.05, 3.63) is 123 Å². The van der Waals surface area contributed by atoms with Crippen molar-refractivity contribution >= 4 is 57.9 Å². The van der Waals surface area contributed by atoms with Crippen LogP contribution < -0.4 is 0 Å². The fourth-order valence-corrected chi connectivity index (χ4v) is 5.08. The molecule has 2 N–H and O–H groups in total. The fraction of sp³-hybridized carbons (Fsp3) is 0.182. The molecule has 4 rings (SSSR count). The summed E-state index contributed by atoms with van der Waals surface area (Å²) in [6.45, 7) is 1.96. The lowest BCUT2D eigenvalue weighted by molar-refractivity contribution is -0.131. The summed E-state index contributed by atoms with van der Waals surface area (Å²) in [5.41, 5.74) is 1.74. The van der Waals surface area contributed by atoms with Crippen LogP contribution in [0.4, 0.5) is 0 Å². The summed E-state index contributed by atoms with van der Waals surface area (Å²) in [7, 11) is 1.71. The van der Waals surface area contributed by atoms with Crippen molar-refractivity contribution in [2.45, 2.75) is 25.8 Å². The van der Waals surface area contributed by atoms with E-state index in [9.17, 15) is 24.6 Å². The molecule has 0 aliphatic carbocycles. The highest BCUT2D eigenvalue weighted by Crippen LogP contribution is 2.27. The Morgan fingerprint density at radius 1 is 0.805 bits per heavy atom. The predicted octanol–water partition coefficient (Wildman–Crippen LogP) is 7.50. The number of hydrogen-bond donors (Lipinski definition) is 2. The Morgan fingerprint density at radius 2 is 1.49 bits per heavy atom. The van der Waals surface area contributed by atoms with Gasteiger partial charge in [0.15, 0.2) is 0 Å². The molecule has 0 saturated heterocycles. The van der Waals surface area contributed by atoms with Gasteiger partial charge in [0.2, 0.25) is 5.91 Å². The van der Waals surface area contributed by atoms with Gasteiger partial charge in [-0.15, -0.1) is 0 Å². The third-order valence-corrected chi connectivity index (χ3v) is 8.03. The number of fused-ring (bicyclic) bond motifs is 1. The van der Waals surface area contributed by atoms with Crippen LogP contribution in [0.25, 0.3) is 16.8 Å². The van der Waals surface area contributed by atoms with Gasteiger partial charge >= 0.3 is 11.9 Å². The zero-order chi connectivity index (χ0) is 29.7. The van der Waals surface area contributed by atoms with Gasteiger partial charge in [0, 0.05) is 19.0 Å². The van der Waals surface area contributed by atoms with Crippen molar-refractivity contribution in [1.82, 2.24) is 4.90 Å². The number of carbonyl (C=O) groups is 3. The molecule has 8 heteroatoms. The zero-order valence-electron chi connectivity index (χ0n) is 22.6. The quantitative estimate of drug-likeness (QED) is 0.199. The molecule has 0 aliphatic rings. The van der Waals surface area contributed by atoms with Crippen molar-refractivity contribution < 1.29 is 24.6 Å². The van der Waals surface area contributed by atoms with E-state index in [1.807, 2.05) is 37.3 Å². The van der Waals surface area contributed by atoms with Crippen LogP contribution in [0.1, 0.15) is 44.3 Å².